The summed E-state index contributed by atoms with van der Waals surface area (Å²) < 4.78 is 16.4. The monoisotopic (exact) mass is 362 g/mol. The van der Waals surface area contributed by atoms with Crippen molar-refractivity contribution in [2.75, 3.05) is 7.11 Å². The number of hydrogen-bond acceptors (Lipinski definition) is 6. The van der Waals surface area contributed by atoms with Gasteiger partial charge in [0, 0.05) is 16.9 Å². The zero-order chi connectivity index (χ0) is 19.2. The summed E-state index contributed by atoms with van der Waals surface area (Å²) in [5, 5.41) is 10.7. The Morgan fingerprint density at radius 3 is 2.81 bits per heavy atom. The summed E-state index contributed by atoms with van der Waals surface area (Å²) in [4.78, 5) is 24.6. The van der Waals surface area contributed by atoms with Gasteiger partial charge in [-0.05, 0) is 32.8 Å². The average Bonchev–Trinajstić information content (AvgIpc) is 2.87. The molecule has 6 heteroatoms. The maximum Gasteiger partial charge on any atom is 0.373 e. The minimum absolute atomic E-state index is 0.102. The first-order valence-electron chi connectivity index (χ1n) is 8.90. The molecule has 0 aromatic heterocycles. The van der Waals surface area contributed by atoms with Crippen molar-refractivity contribution in [3.8, 4) is 0 Å². The first kappa shape index (κ1) is 18.7. The molecule has 26 heavy (non-hydrogen) atoms. The van der Waals surface area contributed by atoms with E-state index in [1.165, 1.54) is 13.2 Å². The molecule has 6 atom stereocenters. The fourth-order valence-electron chi connectivity index (χ4n) is 4.83. The summed E-state index contributed by atoms with van der Waals surface area (Å²) >= 11 is 0. The molecule has 6 nitrogen and oxygen atoms in total. The van der Waals surface area contributed by atoms with E-state index < -0.39 is 41.6 Å². The number of rotatable bonds is 3. The van der Waals surface area contributed by atoms with Gasteiger partial charge in [-0.15, -0.1) is 0 Å². The van der Waals surface area contributed by atoms with Crippen molar-refractivity contribution in [2.45, 2.75) is 51.9 Å². The second kappa shape index (κ2) is 6.58. The number of aliphatic hydroxyl groups is 1. The Morgan fingerprint density at radius 2 is 2.19 bits per heavy atom. The van der Waals surface area contributed by atoms with Crippen molar-refractivity contribution in [1.29, 1.82) is 0 Å². The lowest BCUT2D eigenvalue weighted by atomic mass is 9.54. The van der Waals surface area contributed by atoms with E-state index in [-0.39, 0.29) is 11.7 Å². The minimum atomic E-state index is -0.613. The van der Waals surface area contributed by atoms with E-state index >= 15 is 0 Å². The number of fused-ring (bicyclic) bond motifs is 3. The smallest absolute Gasteiger partial charge is 0.373 e. The molecule has 142 valence electrons. The van der Waals surface area contributed by atoms with Gasteiger partial charge in [0.2, 0.25) is 0 Å². The van der Waals surface area contributed by atoms with Crippen LogP contribution in [0, 0.1) is 17.3 Å². The van der Waals surface area contributed by atoms with Gasteiger partial charge in [0.1, 0.15) is 12.2 Å². The van der Waals surface area contributed by atoms with E-state index in [1.807, 2.05) is 19.9 Å². The van der Waals surface area contributed by atoms with Crippen LogP contribution in [0.4, 0.5) is 0 Å². The van der Waals surface area contributed by atoms with E-state index in [2.05, 4.69) is 6.58 Å². The van der Waals surface area contributed by atoms with Crippen LogP contribution in [-0.4, -0.2) is 42.5 Å². The summed E-state index contributed by atoms with van der Waals surface area (Å²) in [7, 11) is 1.40. The molecule has 0 amide bonds. The molecule has 2 fully saturated rings. The second-order valence-corrected chi connectivity index (χ2v) is 7.61. The normalized spacial score (nSPS) is 39.5. The van der Waals surface area contributed by atoms with Crippen LogP contribution in [0.3, 0.4) is 0 Å². The van der Waals surface area contributed by atoms with Crippen molar-refractivity contribution in [2.24, 2.45) is 17.3 Å². The van der Waals surface area contributed by atoms with Crippen molar-refractivity contribution < 1.29 is 28.9 Å². The Balaban J connectivity index is 1.99. The highest BCUT2D eigenvalue weighted by atomic mass is 16.6. The number of methoxy groups -OCH3 is 1. The predicted octanol–water partition coefficient (Wildman–Crippen LogP) is 2.28. The van der Waals surface area contributed by atoms with Crippen molar-refractivity contribution >= 4 is 11.9 Å². The number of aliphatic hydroxyl groups excluding tert-OH is 1. The van der Waals surface area contributed by atoms with Gasteiger partial charge in [-0.25, -0.2) is 9.59 Å². The third-order valence-corrected chi connectivity index (χ3v) is 6.20. The highest BCUT2D eigenvalue weighted by Crippen LogP contribution is 2.56. The largest absolute Gasteiger partial charge is 0.490 e. The summed E-state index contributed by atoms with van der Waals surface area (Å²) in [6.45, 7) is 9.52. The fraction of sp³-hybridized carbons (Fsp3) is 0.600. The third-order valence-electron chi connectivity index (χ3n) is 6.20. The molecule has 0 spiro atoms. The van der Waals surface area contributed by atoms with Crippen LogP contribution in [0.1, 0.15) is 33.6 Å². The van der Waals surface area contributed by atoms with Crippen LogP contribution in [0.15, 0.2) is 35.6 Å². The lowest BCUT2D eigenvalue weighted by molar-refractivity contribution is -0.174. The predicted molar refractivity (Wildman–Crippen MR) is 93.8 cm³/mol. The number of carbonyl (C=O) groups is 2. The van der Waals surface area contributed by atoms with E-state index in [1.54, 1.807) is 6.92 Å². The second-order valence-electron chi connectivity index (χ2n) is 7.61. The molecule has 0 bridgehead atoms. The summed E-state index contributed by atoms with van der Waals surface area (Å²) in [6, 6.07) is 0. The Bertz CT molecular complexity index is 705. The van der Waals surface area contributed by atoms with Crippen molar-refractivity contribution in [3.05, 3.63) is 35.6 Å². The number of carbonyl (C=O) groups excluding carboxylic acids is 2. The fourth-order valence-corrected chi connectivity index (χ4v) is 4.83. The van der Waals surface area contributed by atoms with Crippen molar-refractivity contribution in [1.82, 2.24) is 0 Å². The third kappa shape index (κ3) is 2.67. The highest BCUT2D eigenvalue weighted by Gasteiger charge is 2.61. The first-order chi connectivity index (χ1) is 12.2. The molecule has 3 rings (SSSR count). The Morgan fingerprint density at radius 1 is 1.50 bits per heavy atom. The van der Waals surface area contributed by atoms with Gasteiger partial charge in [-0.1, -0.05) is 25.2 Å². The number of allylic oxidation sites excluding steroid dienone is 1. The summed E-state index contributed by atoms with van der Waals surface area (Å²) in [5.74, 6) is -1.50. The molecule has 1 N–H and O–H groups in total. The van der Waals surface area contributed by atoms with E-state index in [9.17, 15) is 14.7 Å². The molecule has 0 aromatic rings. The Hall–Kier alpha value is -2.08. The van der Waals surface area contributed by atoms with Gasteiger partial charge >= 0.3 is 11.9 Å². The standard InChI is InChI=1S/C20H26O6/c1-6-12(24-5)19(23)25-13-9-20(4)14(21)8-7-10(2)16(20)17-15(13)11(3)18(22)26-17/h6-7,13-17,21H,3,8-9H2,1-2,4-5H3/b12-6+/t13-,14-,15-,16-,17+,20+/m1/s1. The van der Waals surface area contributed by atoms with E-state index in [4.69, 9.17) is 14.2 Å². The molecule has 0 unspecified atom stereocenters. The van der Waals surface area contributed by atoms with Gasteiger partial charge in [-0.2, -0.15) is 0 Å². The topological polar surface area (TPSA) is 82.1 Å². The number of hydrogen-bond donors (Lipinski definition) is 1. The first-order valence-corrected chi connectivity index (χ1v) is 8.90. The maximum atomic E-state index is 12.4. The van der Waals surface area contributed by atoms with Gasteiger partial charge in [0.25, 0.3) is 0 Å². The molecular weight excluding hydrogens is 336 g/mol. The number of esters is 2. The van der Waals surface area contributed by atoms with E-state index in [0.717, 1.165) is 5.57 Å². The number of ether oxygens (including phenoxy) is 3. The molecule has 1 aliphatic heterocycles. The molecule has 0 radical (unpaired) electrons. The molecule has 3 aliphatic rings. The van der Waals surface area contributed by atoms with Crippen LogP contribution in [-0.2, 0) is 23.8 Å². The molecule has 1 saturated heterocycles. The van der Waals surface area contributed by atoms with Crippen LogP contribution < -0.4 is 0 Å². The highest BCUT2D eigenvalue weighted by molar-refractivity contribution is 5.91. The van der Waals surface area contributed by atoms with Crippen LogP contribution in [0.5, 0.6) is 0 Å². The molecule has 0 aromatic carbocycles. The van der Waals surface area contributed by atoms with Gasteiger partial charge in [0.15, 0.2) is 5.76 Å². The Labute approximate surface area is 153 Å². The Kier molecular flexibility index (Phi) is 4.73. The SMILES string of the molecule is C=C1C(=O)O[C@H]2[C@H]1[C@H](OC(=O)/C(=C\C)OC)C[C@@]1(C)[C@H](O)CC=C(C)[C@H]21. The lowest BCUT2D eigenvalue weighted by Crippen LogP contribution is -2.57. The molecule has 2 aliphatic carbocycles. The molecule has 1 saturated carbocycles. The summed E-state index contributed by atoms with van der Waals surface area (Å²) in [5.41, 5.74) is 0.854. The minimum Gasteiger partial charge on any atom is -0.490 e. The summed E-state index contributed by atoms with van der Waals surface area (Å²) in [6.07, 6.45) is 2.78. The average molecular weight is 362 g/mol. The quantitative estimate of drug-likeness (QED) is 0.359. The lowest BCUT2D eigenvalue weighted by Gasteiger charge is -2.53. The van der Waals surface area contributed by atoms with E-state index in [0.29, 0.717) is 18.4 Å². The zero-order valence-corrected chi connectivity index (χ0v) is 15.7. The van der Waals surface area contributed by atoms with Gasteiger partial charge in [0.05, 0.1) is 19.1 Å². The molecule has 1 heterocycles. The van der Waals surface area contributed by atoms with Gasteiger partial charge in [-0.3, -0.25) is 0 Å². The van der Waals surface area contributed by atoms with Crippen LogP contribution in [0.2, 0.25) is 0 Å². The molecular formula is C20H26O6. The zero-order valence-electron chi connectivity index (χ0n) is 15.7. The maximum absolute atomic E-state index is 12.4. The van der Waals surface area contributed by atoms with Crippen LogP contribution >= 0.6 is 0 Å². The van der Waals surface area contributed by atoms with Crippen LogP contribution in [0.25, 0.3) is 0 Å². The van der Waals surface area contributed by atoms with Gasteiger partial charge < -0.3 is 19.3 Å². The van der Waals surface area contributed by atoms with Crippen molar-refractivity contribution in [3.63, 3.8) is 0 Å².